The zero-order valence-corrected chi connectivity index (χ0v) is 12.2. The summed E-state index contributed by atoms with van der Waals surface area (Å²) in [6.07, 6.45) is 0.167. The highest BCUT2D eigenvalue weighted by molar-refractivity contribution is 7.17. The number of thiophene rings is 1. The zero-order valence-electron chi connectivity index (χ0n) is 11.4. The lowest BCUT2D eigenvalue weighted by Crippen LogP contribution is -2.45. The highest BCUT2D eigenvalue weighted by Crippen LogP contribution is 2.25. The Bertz CT molecular complexity index is 633. The molecule has 1 aliphatic heterocycles. The Morgan fingerprint density at radius 2 is 2.10 bits per heavy atom. The van der Waals surface area contributed by atoms with Crippen molar-refractivity contribution in [2.45, 2.75) is 6.42 Å². The molecule has 20 heavy (non-hydrogen) atoms. The molecule has 106 valence electrons. The first kappa shape index (κ1) is 13.3. The van der Waals surface area contributed by atoms with E-state index in [0.29, 0.717) is 5.95 Å². The van der Waals surface area contributed by atoms with Crippen molar-refractivity contribution in [3.8, 4) is 0 Å². The molecule has 0 aromatic carbocycles. The monoisotopic (exact) mass is 291 g/mol. The summed E-state index contributed by atoms with van der Waals surface area (Å²) in [5.74, 6) is 0.350. The predicted molar refractivity (Wildman–Crippen MR) is 80.0 cm³/mol. The summed E-state index contributed by atoms with van der Waals surface area (Å²) in [7, 11) is 2.11. The summed E-state index contributed by atoms with van der Waals surface area (Å²) in [5.41, 5.74) is 6.96. The van der Waals surface area contributed by atoms with E-state index in [1.54, 1.807) is 11.3 Å². The van der Waals surface area contributed by atoms with Crippen LogP contribution in [0.4, 0.5) is 5.95 Å². The van der Waals surface area contributed by atoms with Crippen molar-refractivity contribution in [3.63, 3.8) is 0 Å². The number of primary amides is 1. The molecule has 3 rings (SSSR count). The Hall–Kier alpha value is -1.73. The first-order chi connectivity index (χ1) is 9.63. The number of carbonyl (C=O) groups excluding carboxylic acids is 1. The van der Waals surface area contributed by atoms with E-state index in [9.17, 15) is 4.79 Å². The third-order valence-electron chi connectivity index (χ3n) is 3.49. The van der Waals surface area contributed by atoms with Crippen LogP contribution in [-0.2, 0) is 11.2 Å². The number of amides is 1. The van der Waals surface area contributed by atoms with Gasteiger partial charge in [-0.05, 0) is 18.5 Å². The number of carbonyl (C=O) groups is 1. The Balaban J connectivity index is 1.96. The van der Waals surface area contributed by atoms with Crippen LogP contribution in [0.3, 0.4) is 0 Å². The van der Waals surface area contributed by atoms with Crippen LogP contribution in [0.5, 0.6) is 0 Å². The number of hydrogen-bond acceptors (Lipinski definition) is 6. The van der Waals surface area contributed by atoms with Gasteiger partial charge in [0.2, 0.25) is 11.9 Å². The van der Waals surface area contributed by atoms with Crippen molar-refractivity contribution in [2.75, 3.05) is 38.1 Å². The van der Waals surface area contributed by atoms with Crippen LogP contribution < -0.4 is 10.6 Å². The standard InChI is InChI=1S/C13H17N5OS/c1-17-3-5-18(6-4-17)13-15-9-2-7-20-12(9)10(16-13)8-11(14)19/h2,7H,3-6,8H2,1H3,(H2,14,19). The number of nitrogens with two attached hydrogens (primary N) is 1. The second-order valence-electron chi connectivity index (χ2n) is 5.04. The average molecular weight is 291 g/mol. The van der Waals surface area contributed by atoms with Crippen molar-refractivity contribution in [1.29, 1.82) is 0 Å². The number of rotatable bonds is 3. The van der Waals surface area contributed by atoms with Crippen molar-refractivity contribution < 1.29 is 4.79 Å². The Labute approximate surface area is 121 Å². The Kier molecular flexibility index (Phi) is 3.54. The smallest absolute Gasteiger partial charge is 0.226 e. The van der Waals surface area contributed by atoms with Crippen LogP contribution in [0.15, 0.2) is 11.4 Å². The Morgan fingerprint density at radius 1 is 1.35 bits per heavy atom. The number of aromatic nitrogens is 2. The van der Waals surface area contributed by atoms with Gasteiger partial charge in [-0.15, -0.1) is 11.3 Å². The lowest BCUT2D eigenvalue weighted by molar-refractivity contribution is -0.117. The lowest BCUT2D eigenvalue weighted by Gasteiger charge is -2.32. The van der Waals surface area contributed by atoms with Crippen molar-refractivity contribution >= 4 is 33.4 Å². The fourth-order valence-corrected chi connectivity index (χ4v) is 3.16. The number of likely N-dealkylation sites (N-methyl/N-ethyl adjacent to an activating group) is 1. The molecule has 0 spiro atoms. The first-order valence-electron chi connectivity index (χ1n) is 6.59. The van der Waals surface area contributed by atoms with Gasteiger partial charge in [-0.1, -0.05) is 0 Å². The average Bonchev–Trinajstić information content (AvgIpc) is 2.87. The molecule has 0 bridgehead atoms. The normalized spacial score (nSPS) is 16.8. The number of fused-ring (bicyclic) bond motifs is 1. The molecule has 1 saturated heterocycles. The van der Waals surface area contributed by atoms with Crippen molar-refractivity contribution in [3.05, 3.63) is 17.1 Å². The quantitative estimate of drug-likeness (QED) is 0.890. The van der Waals surface area contributed by atoms with E-state index in [1.807, 2.05) is 11.4 Å². The third-order valence-corrected chi connectivity index (χ3v) is 4.44. The molecule has 2 aromatic heterocycles. The van der Waals surface area contributed by atoms with Gasteiger partial charge in [0, 0.05) is 26.2 Å². The fraction of sp³-hybridized carbons (Fsp3) is 0.462. The maximum absolute atomic E-state index is 11.2. The van der Waals surface area contributed by atoms with Crippen molar-refractivity contribution in [2.24, 2.45) is 5.73 Å². The minimum absolute atomic E-state index is 0.167. The van der Waals surface area contributed by atoms with Crippen LogP contribution in [-0.4, -0.2) is 54.0 Å². The molecule has 1 aliphatic rings. The Morgan fingerprint density at radius 3 is 2.80 bits per heavy atom. The van der Waals surface area contributed by atoms with Gasteiger partial charge in [-0.25, -0.2) is 9.97 Å². The van der Waals surface area contributed by atoms with Gasteiger partial charge in [0.25, 0.3) is 0 Å². The van der Waals surface area contributed by atoms with E-state index in [0.717, 1.165) is 42.1 Å². The highest BCUT2D eigenvalue weighted by Gasteiger charge is 2.19. The minimum atomic E-state index is -0.359. The molecular formula is C13H17N5OS. The first-order valence-corrected chi connectivity index (χ1v) is 7.47. The van der Waals surface area contributed by atoms with Gasteiger partial charge in [-0.2, -0.15) is 0 Å². The summed E-state index contributed by atoms with van der Waals surface area (Å²) in [6.45, 7) is 3.80. The molecule has 0 saturated carbocycles. The minimum Gasteiger partial charge on any atom is -0.369 e. The summed E-state index contributed by atoms with van der Waals surface area (Å²) in [4.78, 5) is 24.8. The van der Waals surface area contributed by atoms with E-state index in [1.165, 1.54) is 0 Å². The van der Waals surface area contributed by atoms with Crippen LogP contribution >= 0.6 is 11.3 Å². The van der Waals surface area contributed by atoms with Gasteiger partial charge in [0.05, 0.1) is 22.3 Å². The molecule has 2 aromatic rings. The number of nitrogens with zero attached hydrogens (tertiary/aromatic N) is 4. The molecule has 0 radical (unpaired) electrons. The second-order valence-corrected chi connectivity index (χ2v) is 5.95. The molecule has 1 amide bonds. The molecule has 2 N–H and O–H groups in total. The SMILES string of the molecule is CN1CCN(c2nc(CC(N)=O)c3sccc3n2)CC1. The number of hydrogen-bond donors (Lipinski definition) is 1. The molecular weight excluding hydrogens is 274 g/mol. The van der Waals surface area contributed by atoms with Crippen LogP contribution in [0.2, 0.25) is 0 Å². The zero-order chi connectivity index (χ0) is 14.1. The van der Waals surface area contributed by atoms with Gasteiger partial charge >= 0.3 is 0 Å². The topological polar surface area (TPSA) is 75.3 Å². The molecule has 7 heteroatoms. The third kappa shape index (κ3) is 2.59. The van der Waals surface area contributed by atoms with Gasteiger partial charge in [0.1, 0.15) is 0 Å². The molecule has 6 nitrogen and oxygen atoms in total. The van der Waals surface area contributed by atoms with Crippen molar-refractivity contribution in [1.82, 2.24) is 14.9 Å². The van der Waals surface area contributed by atoms with E-state index in [2.05, 4.69) is 26.8 Å². The largest absolute Gasteiger partial charge is 0.369 e. The fourth-order valence-electron chi connectivity index (χ4n) is 2.34. The van der Waals surface area contributed by atoms with E-state index in [4.69, 9.17) is 5.73 Å². The second kappa shape index (κ2) is 5.34. The van der Waals surface area contributed by atoms with Gasteiger partial charge < -0.3 is 15.5 Å². The summed E-state index contributed by atoms with van der Waals surface area (Å²) in [5, 5.41) is 1.97. The van der Waals surface area contributed by atoms with Gasteiger partial charge in [-0.3, -0.25) is 4.79 Å². The molecule has 3 heterocycles. The maximum atomic E-state index is 11.2. The van der Waals surface area contributed by atoms with E-state index >= 15 is 0 Å². The molecule has 0 unspecified atom stereocenters. The maximum Gasteiger partial charge on any atom is 0.226 e. The van der Waals surface area contributed by atoms with E-state index < -0.39 is 0 Å². The summed E-state index contributed by atoms with van der Waals surface area (Å²) in [6, 6.07) is 1.96. The van der Waals surface area contributed by atoms with Gasteiger partial charge in [0.15, 0.2) is 0 Å². The molecule has 0 atom stereocenters. The van der Waals surface area contributed by atoms with Crippen LogP contribution in [0.1, 0.15) is 5.69 Å². The summed E-state index contributed by atoms with van der Waals surface area (Å²) >= 11 is 1.55. The molecule has 0 aliphatic carbocycles. The van der Waals surface area contributed by atoms with Crippen LogP contribution in [0, 0.1) is 0 Å². The number of anilines is 1. The van der Waals surface area contributed by atoms with E-state index in [-0.39, 0.29) is 12.3 Å². The predicted octanol–water partition coefficient (Wildman–Crippen LogP) is 0.471. The van der Waals surface area contributed by atoms with Crippen LogP contribution in [0.25, 0.3) is 10.2 Å². The summed E-state index contributed by atoms with van der Waals surface area (Å²) < 4.78 is 0.960. The number of piperazine rings is 1. The molecule has 1 fully saturated rings. The lowest BCUT2D eigenvalue weighted by atomic mass is 10.2. The highest BCUT2D eigenvalue weighted by atomic mass is 32.1.